The number of nitrogens with one attached hydrogen (secondary N) is 1. The molecule has 0 fully saturated rings. The summed E-state index contributed by atoms with van der Waals surface area (Å²) in [6.45, 7) is 13.5. The van der Waals surface area contributed by atoms with Gasteiger partial charge in [-0.25, -0.2) is 21.6 Å². The average Bonchev–Trinajstić information content (AvgIpc) is 3.19. The van der Waals surface area contributed by atoms with Crippen molar-refractivity contribution in [2.75, 3.05) is 48.3 Å². The highest BCUT2D eigenvalue weighted by Crippen LogP contribution is 2.45. The van der Waals surface area contributed by atoms with Crippen molar-refractivity contribution in [1.82, 2.24) is 10.2 Å². The van der Waals surface area contributed by atoms with Crippen molar-refractivity contribution >= 4 is 49.9 Å². The van der Waals surface area contributed by atoms with Crippen LogP contribution in [-0.4, -0.2) is 107 Å². The lowest BCUT2D eigenvalue weighted by molar-refractivity contribution is -0.0937. The van der Waals surface area contributed by atoms with Crippen molar-refractivity contribution in [2.24, 2.45) is 0 Å². The molecule has 0 aromatic heterocycles. The third-order valence-corrected chi connectivity index (χ3v) is 13.6. The minimum Gasteiger partial charge on any atom is -0.485 e. The Morgan fingerprint density at radius 3 is 1.61 bits per heavy atom. The summed E-state index contributed by atoms with van der Waals surface area (Å²) >= 11 is 0. The number of amides is 1. The van der Waals surface area contributed by atoms with E-state index in [9.17, 15) is 31.8 Å². The molecule has 2 aliphatic rings. The molecule has 4 atom stereocenters. The van der Waals surface area contributed by atoms with E-state index in [1.54, 1.807) is 69.9 Å². The molecule has 0 spiro atoms. The predicted molar refractivity (Wildman–Crippen MR) is 255 cm³/mol. The summed E-state index contributed by atoms with van der Waals surface area (Å²) in [7, 11) is -3.88. The fraction of sp³-hybridized carbons (Fsp3) is 0.468. The molecule has 0 aliphatic carbocycles. The molecule has 352 valence electrons. The Morgan fingerprint density at radius 1 is 0.703 bits per heavy atom. The average molecular weight is 946 g/mol. The Morgan fingerprint density at radius 2 is 1.14 bits per heavy atom. The fourth-order valence-electron chi connectivity index (χ4n) is 7.44. The summed E-state index contributed by atoms with van der Waals surface area (Å²) in [5.74, 6) is 0.993. The molecule has 0 bridgehead atoms. The first kappa shape index (κ1) is 52.0. The normalized spacial score (nSPS) is 19.7. The molecule has 14 nitrogen and oxygen atoms in total. The van der Waals surface area contributed by atoms with Crippen LogP contribution in [0.4, 0.5) is 16.2 Å². The standard InChI is InChI=1S/C26H36N2O6S.C21H28N2O4S.ClH/c1-25(2,3)34-24(30)28(16-15-18-11-9-8-10-12-18)22-20-14-13-19(27(6)35(7,31)32)17-21(20)33-26(4,5)23(22)29;1-21(2)20(24)19(22-13-12-15-8-6-5-7-9-15)17-11-10-16(14-18(17)27-21)23(3)28(4,25)26;/h8-14,17,22-23,29H,15-16H2,1-7H3;5-11,14,19-20,22,24H,12-13H2,1-4H3;1H/t22-,23+;19-,20+;/m00./s1. The van der Waals surface area contributed by atoms with Gasteiger partial charge in [-0.05, 0) is 91.1 Å². The first-order valence-corrected chi connectivity index (χ1v) is 24.6. The minimum atomic E-state index is -3.48. The Hall–Kier alpha value is -4.58. The van der Waals surface area contributed by atoms with Crippen LogP contribution in [0.3, 0.4) is 0 Å². The zero-order valence-corrected chi connectivity index (χ0v) is 41.1. The highest BCUT2D eigenvalue weighted by Gasteiger charge is 2.48. The maximum atomic E-state index is 13.4. The smallest absolute Gasteiger partial charge is 0.410 e. The van der Waals surface area contributed by atoms with E-state index in [-0.39, 0.29) is 18.4 Å². The van der Waals surface area contributed by atoms with E-state index in [0.29, 0.717) is 47.9 Å². The van der Waals surface area contributed by atoms with Crippen molar-refractivity contribution in [1.29, 1.82) is 0 Å². The van der Waals surface area contributed by atoms with Gasteiger partial charge in [0.05, 0.1) is 36.0 Å². The van der Waals surface area contributed by atoms with Gasteiger partial charge in [0, 0.05) is 43.9 Å². The largest absolute Gasteiger partial charge is 0.485 e. The second-order valence-corrected chi connectivity index (χ2v) is 22.3. The molecular weight excluding hydrogens is 880 g/mol. The van der Waals surface area contributed by atoms with Crippen LogP contribution in [-0.2, 0) is 37.6 Å². The first-order valence-electron chi connectivity index (χ1n) is 20.9. The molecule has 2 aliphatic heterocycles. The van der Waals surface area contributed by atoms with Crippen LogP contribution in [0.2, 0.25) is 0 Å². The van der Waals surface area contributed by atoms with Gasteiger partial charge < -0.3 is 29.7 Å². The number of hydrogen-bond acceptors (Lipinski definition) is 11. The predicted octanol–water partition coefficient (Wildman–Crippen LogP) is 7.04. The molecule has 6 rings (SSSR count). The van der Waals surface area contributed by atoms with Crippen molar-refractivity contribution in [3.05, 3.63) is 119 Å². The van der Waals surface area contributed by atoms with E-state index in [1.165, 1.54) is 24.0 Å². The van der Waals surface area contributed by atoms with Gasteiger partial charge in [-0.15, -0.1) is 12.4 Å². The SMILES string of the molecule is CN(c1ccc2c(c1)OC(C)(C)[C@H](O)[C@H]2N(CCc1ccccc1)C(=O)OC(C)(C)C)S(C)(=O)=O.CN(c1ccc2c(c1)OC(C)(C)[C@H](O)[C@H]2NCCc1ccccc1)S(C)(=O)=O.Cl. The van der Waals surface area contributed by atoms with E-state index >= 15 is 0 Å². The highest BCUT2D eigenvalue weighted by molar-refractivity contribution is 7.92. The van der Waals surface area contributed by atoms with Gasteiger partial charge in [-0.2, -0.15) is 0 Å². The maximum Gasteiger partial charge on any atom is 0.410 e. The minimum absolute atomic E-state index is 0. The third kappa shape index (κ3) is 12.8. The number of anilines is 2. The van der Waals surface area contributed by atoms with Crippen molar-refractivity contribution in [3.63, 3.8) is 0 Å². The zero-order valence-electron chi connectivity index (χ0n) is 38.6. The Kier molecular flexibility index (Phi) is 16.5. The number of fused-ring (bicyclic) bond motifs is 2. The summed E-state index contributed by atoms with van der Waals surface area (Å²) in [6.07, 6.45) is 1.35. The lowest BCUT2D eigenvalue weighted by Crippen LogP contribution is -2.55. The second kappa shape index (κ2) is 20.3. The van der Waals surface area contributed by atoms with Crippen LogP contribution < -0.4 is 23.4 Å². The Balaban J connectivity index is 0.000000283. The topological polar surface area (TPSA) is 175 Å². The van der Waals surface area contributed by atoms with E-state index in [1.807, 2.05) is 68.4 Å². The number of aliphatic hydroxyl groups is 2. The first-order chi connectivity index (χ1) is 29.2. The number of halogens is 1. The molecular formula is C47H65ClN4O10S2. The van der Waals surface area contributed by atoms with Gasteiger partial charge in [-0.3, -0.25) is 13.5 Å². The second-order valence-electron chi connectivity index (χ2n) is 18.2. The number of sulfonamides is 2. The molecule has 0 radical (unpaired) electrons. The van der Waals surface area contributed by atoms with Gasteiger partial charge >= 0.3 is 6.09 Å². The van der Waals surface area contributed by atoms with Gasteiger partial charge in [0.25, 0.3) is 0 Å². The fourth-order valence-corrected chi connectivity index (χ4v) is 8.44. The van der Waals surface area contributed by atoms with Crippen molar-refractivity contribution < 1.29 is 46.1 Å². The monoisotopic (exact) mass is 944 g/mol. The number of nitrogens with zero attached hydrogens (tertiary/aromatic N) is 3. The van der Waals surface area contributed by atoms with Crippen LogP contribution in [0, 0.1) is 0 Å². The third-order valence-electron chi connectivity index (χ3n) is 11.2. The molecule has 0 unspecified atom stereocenters. The molecule has 2 heterocycles. The lowest BCUT2D eigenvalue weighted by Gasteiger charge is -2.46. The van der Waals surface area contributed by atoms with Crippen LogP contribution in [0.5, 0.6) is 11.5 Å². The molecule has 4 aromatic carbocycles. The van der Waals surface area contributed by atoms with Crippen LogP contribution in [0.15, 0.2) is 97.1 Å². The number of benzene rings is 4. The van der Waals surface area contributed by atoms with Gasteiger partial charge in [-0.1, -0.05) is 72.8 Å². The number of rotatable bonds is 12. The summed E-state index contributed by atoms with van der Waals surface area (Å²) in [6, 6.07) is 29.1. The number of carbonyl (C=O) groups excluding carboxylic acids is 1. The molecule has 4 aromatic rings. The number of carbonyl (C=O) groups is 1. The molecule has 0 saturated carbocycles. The molecule has 0 saturated heterocycles. The summed E-state index contributed by atoms with van der Waals surface area (Å²) < 4.78 is 68.1. The van der Waals surface area contributed by atoms with Crippen LogP contribution in [0.25, 0.3) is 0 Å². The number of aliphatic hydroxyl groups excluding tert-OH is 2. The Labute approximate surface area is 386 Å². The van der Waals surface area contributed by atoms with Crippen LogP contribution in [0.1, 0.15) is 82.8 Å². The highest BCUT2D eigenvalue weighted by atomic mass is 35.5. The van der Waals surface area contributed by atoms with Crippen molar-refractivity contribution in [2.45, 2.75) is 102 Å². The molecule has 1 amide bonds. The molecule has 64 heavy (non-hydrogen) atoms. The summed E-state index contributed by atoms with van der Waals surface area (Å²) in [5.41, 5.74) is 2.05. The van der Waals surface area contributed by atoms with E-state index < -0.39 is 61.2 Å². The quantitative estimate of drug-likeness (QED) is 0.133. The molecule has 3 N–H and O–H groups in total. The van der Waals surface area contributed by atoms with E-state index in [2.05, 4.69) is 17.4 Å². The van der Waals surface area contributed by atoms with Gasteiger partial charge in [0.15, 0.2) is 0 Å². The lowest BCUT2D eigenvalue weighted by atomic mass is 9.85. The van der Waals surface area contributed by atoms with E-state index in [0.717, 1.165) is 34.4 Å². The molecule has 17 heteroatoms. The van der Waals surface area contributed by atoms with Crippen molar-refractivity contribution in [3.8, 4) is 11.5 Å². The summed E-state index contributed by atoms with van der Waals surface area (Å²) in [5, 5.41) is 25.7. The zero-order chi connectivity index (χ0) is 46.7. The van der Waals surface area contributed by atoms with Gasteiger partial charge in [0.1, 0.15) is 40.5 Å². The summed E-state index contributed by atoms with van der Waals surface area (Å²) in [4.78, 5) is 15.0. The van der Waals surface area contributed by atoms with E-state index in [4.69, 9.17) is 14.2 Å². The van der Waals surface area contributed by atoms with Crippen LogP contribution >= 0.6 is 12.4 Å². The van der Waals surface area contributed by atoms with Gasteiger partial charge in [0.2, 0.25) is 20.0 Å². The maximum absolute atomic E-state index is 13.4. The Bertz CT molecular complexity index is 2430. The number of ether oxygens (including phenoxy) is 3. The number of hydrogen-bond donors (Lipinski definition) is 3.